The van der Waals surface area contributed by atoms with Gasteiger partial charge in [0.25, 0.3) is 0 Å². The van der Waals surface area contributed by atoms with Crippen LogP contribution in [-0.4, -0.2) is 11.9 Å². The van der Waals surface area contributed by atoms with E-state index < -0.39 is 0 Å². The van der Waals surface area contributed by atoms with Crippen LogP contribution in [0.5, 0.6) is 0 Å². The fraction of sp³-hybridized carbons (Fsp3) is 0.889. The van der Waals surface area contributed by atoms with E-state index in [1.54, 1.807) is 6.92 Å². The Morgan fingerprint density at radius 1 is 1.27 bits per heavy atom. The second kappa shape index (κ2) is 3.24. The standard InChI is InChI=1S/C9H17NO/c1-6-4-5-7(2)9(6)10-8(3)11/h6-7,9H,4-5H2,1-3H3,(H,10,11). The van der Waals surface area contributed by atoms with Crippen LogP contribution >= 0.6 is 0 Å². The first-order valence-electron chi connectivity index (χ1n) is 4.38. The fourth-order valence-corrected chi connectivity index (χ4v) is 1.96. The molecule has 11 heavy (non-hydrogen) atoms. The Hall–Kier alpha value is -0.530. The molecule has 2 nitrogen and oxygen atoms in total. The zero-order valence-electron chi connectivity index (χ0n) is 7.55. The van der Waals surface area contributed by atoms with Crippen LogP contribution in [0.1, 0.15) is 33.6 Å². The first kappa shape index (κ1) is 8.57. The lowest BCUT2D eigenvalue weighted by Crippen LogP contribution is -2.38. The maximum absolute atomic E-state index is 10.8. The third-order valence-electron chi connectivity index (χ3n) is 2.67. The minimum Gasteiger partial charge on any atom is -0.353 e. The molecule has 1 N–H and O–H groups in total. The smallest absolute Gasteiger partial charge is 0.217 e. The zero-order chi connectivity index (χ0) is 8.43. The summed E-state index contributed by atoms with van der Waals surface area (Å²) in [5.74, 6) is 1.43. The molecular formula is C9H17NO. The van der Waals surface area contributed by atoms with Gasteiger partial charge < -0.3 is 5.32 Å². The normalized spacial score (nSPS) is 37.2. The summed E-state index contributed by atoms with van der Waals surface area (Å²) in [6, 6.07) is 0.424. The van der Waals surface area contributed by atoms with Crippen LogP contribution < -0.4 is 5.32 Å². The molecule has 64 valence electrons. The van der Waals surface area contributed by atoms with Crippen LogP contribution in [-0.2, 0) is 4.79 Å². The highest BCUT2D eigenvalue weighted by atomic mass is 16.1. The van der Waals surface area contributed by atoms with Gasteiger partial charge in [-0.1, -0.05) is 13.8 Å². The van der Waals surface area contributed by atoms with E-state index in [4.69, 9.17) is 0 Å². The molecule has 1 aliphatic rings. The Balaban J connectivity index is 2.47. The summed E-state index contributed by atoms with van der Waals surface area (Å²) < 4.78 is 0. The van der Waals surface area contributed by atoms with Crippen molar-refractivity contribution in [2.45, 2.75) is 39.7 Å². The number of carbonyl (C=O) groups is 1. The SMILES string of the molecule is CC(=O)NC1C(C)CCC1C. The summed E-state index contributed by atoms with van der Waals surface area (Å²) in [7, 11) is 0. The molecule has 0 aliphatic heterocycles. The van der Waals surface area contributed by atoms with Crippen molar-refractivity contribution in [3.63, 3.8) is 0 Å². The van der Waals surface area contributed by atoms with Gasteiger partial charge in [0.15, 0.2) is 0 Å². The number of hydrogen-bond acceptors (Lipinski definition) is 1. The van der Waals surface area contributed by atoms with Gasteiger partial charge in [-0.25, -0.2) is 0 Å². The topological polar surface area (TPSA) is 29.1 Å². The Morgan fingerprint density at radius 2 is 1.73 bits per heavy atom. The number of amides is 1. The second-order valence-electron chi connectivity index (χ2n) is 3.76. The van der Waals surface area contributed by atoms with Gasteiger partial charge >= 0.3 is 0 Å². The molecule has 0 radical (unpaired) electrons. The molecule has 2 heteroatoms. The van der Waals surface area contributed by atoms with Crippen LogP contribution in [0.15, 0.2) is 0 Å². The summed E-state index contributed by atoms with van der Waals surface area (Å²) in [6.45, 7) is 6.02. The third kappa shape index (κ3) is 1.95. The van der Waals surface area contributed by atoms with Crippen molar-refractivity contribution < 1.29 is 4.79 Å². The minimum absolute atomic E-state index is 0.107. The molecule has 2 unspecified atom stereocenters. The van der Waals surface area contributed by atoms with Crippen molar-refractivity contribution in [2.24, 2.45) is 11.8 Å². The van der Waals surface area contributed by atoms with Crippen molar-refractivity contribution in [3.8, 4) is 0 Å². The van der Waals surface area contributed by atoms with Crippen LogP contribution in [0.4, 0.5) is 0 Å². The second-order valence-corrected chi connectivity index (χ2v) is 3.76. The Labute approximate surface area is 68.4 Å². The average molecular weight is 155 g/mol. The van der Waals surface area contributed by atoms with Gasteiger partial charge in [-0.15, -0.1) is 0 Å². The maximum Gasteiger partial charge on any atom is 0.217 e. The summed E-state index contributed by atoms with van der Waals surface area (Å²) in [5, 5.41) is 3.00. The first-order valence-corrected chi connectivity index (χ1v) is 4.38. The molecule has 0 aromatic carbocycles. The van der Waals surface area contributed by atoms with E-state index in [0.29, 0.717) is 17.9 Å². The third-order valence-corrected chi connectivity index (χ3v) is 2.67. The summed E-state index contributed by atoms with van der Waals surface area (Å²) >= 11 is 0. The molecule has 0 aromatic heterocycles. The molecule has 1 rings (SSSR count). The molecule has 0 spiro atoms. The average Bonchev–Trinajstić information content (AvgIpc) is 2.18. The highest BCUT2D eigenvalue weighted by Gasteiger charge is 2.30. The molecule has 0 aromatic rings. The Kier molecular flexibility index (Phi) is 2.53. The summed E-state index contributed by atoms with van der Waals surface area (Å²) in [4.78, 5) is 10.8. The Morgan fingerprint density at radius 3 is 2.09 bits per heavy atom. The molecule has 0 bridgehead atoms. The van der Waals surface area contributed by atoms with Crippen molar-refractivity contribution in [1.82, 2.24) is 5.32 Å². The Bertz CT molecular complexity index is 146. The molecule has 1 aliphatic carbocycles. The molecule has 0 heterocycles. The molecule has 1 amide bonds. The van der Waals surface area contributed by atoms with Gasteiger partial charge in [-0.05, 0) is 24.7 Å². The van der Waals surface area contributed by atoms with Crippen molar-refractivity contribution in [1.29, 1.82) is 0 Å². The van der Waals surface area contributed by atoms with E-state index in [1.165, 1.54) is 12.8 Å². The maximum atomic E-state index is 10.8. The van der Waals surface area contributed by atoms with E-state index in [-0.39, 0.29) is 5.91 Å². The highest BCUT2D eigenvalue weighted by molar-refractivity contribution is 5.73. The van der Waals surface area contributed by atoms with Gasteiger partial charge in [-0.3, -0.25) is 4.79 Å². The predicted molar refractivity (Wildman–Crippen MR) is 45.2 cm³/mol. The minimum atomic E-state index is 0.107. The molecule has 1 saturated carbocycles. The van der Waals surface area contributed by atoms with Crippen LogP contribution in [0.3, 0.4) is 0 Å². The zero-order valence-corrected chi connectivity index (χ0v) is 7.55. The summed E-state index contributed by atoms with van der Waals surface area (Å²) in [6.07, 6.45) is 2.51. The first-order chi connectivity index (χ1) is 5.11. The highest BCUT2D eigenvalue weighted by Crippen LogP contribution is 2.30. The quantitative estimate of drug-likeness (QED) is 0.611. The van der Waals surface area contributed by atoms with Gasteiger partial charge in [0.1, 0.15) is 0 Å². The number of carbonyl (C=O) groups excluding carboxylic acids is 1. The lowest BCUT2D eigenvalue weighted by atomic mass is 10.0. The van der Waals surface area contributed by atoms with Crippen molar-refractivity contribution in [2.75, 3.05) is 0 Å². The van der Waals surface area contributed by atoms with Crippen LogP contribution in [0.2, 0.25) is 0 Å². The predicted octanol–water partition coefficient (Wildman–Crippen LogP) is 1.56. The van der Waals surface area contributed by atoms with Gasteiger partial charge in [0, 0.05) is 13.0 Å². The molecule has 2 atom stereocenters. The molecular weight excluding hydrogens is 138 g/mol. The van der Waals surface area contributed by atoms with Crippen LogP contribution in [0, 0.1) is 11.8 Å². The lowest BCUT2D eigenvalue weighted by Gasteiger charge is -2.20. The number of hydrogen-bond donors (Lipinski definition) is 1. The van der Waals surface area contributed by atoms with Crippen LogP contribution in [0.25, 0.3) is 0 Å². The molecule has 1 fully saturated rings. The monoisotopic (exact) mass is 155 g/mol. The van der Waals surface area contributed by atoms with Crippen molar-refractivity contribution in [3.05, 3.63) is 0 Å². The van der Waals surface area contributed by atoms with E-state index in [2.05, 4.69) is 19.2 Å². The van der Waals surface area contributed by atoms with E-state index >= 15 is 0 Å². The summed E-state index contributed by atoms with van der Waals surface area (Å²) in [5.41, 5.74) is 0. The number of nitrogens with one attached hydrogen (secondary N) is 1. The number of rotatable bonds is 1. The fourth-order valence-electron chi connectivity index (χ4n) is 1.96. The van der Waals surface area contributed by atoms with E-state index in [9.17, 15) is 4.79 Å². The lowest BCUT2D eigenvalue weighted by molar-refractivity contribution is -0.120. The molecule has 0 saturated heterocycles. The largest absolute Gasteiger partial charge is 0.353 e. The van der Waals surface area contributed by atoms with Gasteiger partial charge in [0.2, 0.25) is 5.91 Å². The van der Waals surface area contributed by atoms with Crippen molar-refractivity contribution >= 4 is 5.91 Å². The van der Waals surface area contributed by atoms with E-state index in [1.807, 2.05) is 0 Å². The van der Waals surface area contributed by atoms with E-state index in [0.717, 1.165) is 0 Å². The van der Waals surface area contributed by atoms with Gasteiger partial charge in [0.05, 0.1) is 0 Å². The van der Waals surface area contributed by atoms with Gasteiger partial charge in [-0.2, -0.15) is 0 Å².